The molecule has 3 aromatic rings. The highest BCUT2D eigenvalue weighted by Gasteiger charge is 2.12. The van der Waals surface area contributed by atoms with E-state index in [0.717, 1.165) is 28.3 Å². The lowest BCUT2D eigenvalue weighted by molar-refractivity contribution is -0.116. The first kappa shape index (κ1) is 19.5. The minimum Gasteiger partial charge on any atom is -0.361 e. The monoisotopic (exact) mass is 376 g/mol. The standard InChI is InChI=1S/C22H24N4O2/c1-14-5-8-18(9-6-14)24-25-21-13-15(2)7-11-20(21)23-22(27)12-10-19-16(3)26-28-17(19)4/h5-9,11,13H,10,12H2,1-4H3,(H,23,27). The van der Waals surface area contributed by atoms with Gasteiger partial charge in [-0.05, 0) is 63.9 Å². The number of amides is 1. The molecule has 1 heterocycles. The zero-order chi connectivity index (χ0) is 20.1. The Morgan fingerprint density at radius 2 is 1.71 bits per heavy atom. The molecule has 0 fully saturated rings. The molecular formula is C22H24N4O2. The van der Waals surface area contributed by atoms with E-state index in [-0.39, 0.29) is 5.91 Å². The maximum absolute atomic E-state index is 12.4. The first-order chi connectivity index (χ1) is 13.4. The number of carbonyl (C=O) groups excluding carboxylic acids is 1. The van der Waals surface area contributed by atoms with Gasteiger partial charge in [-0.25, -0.2) is 0 Å². The highest BCUT2D eigenvalue weighted by Crippen LogP contribution is 2.28. The van der Waals surface area contributed by atoms with Crippen LogP contribution in [0.5, 0.6) is 0 Å². The molecule has 0 saturated heterocycles. The molecular weight excluding hydrogens is 352 g/mol. The Labute approximate surface area is 164 Å². The summed E-state index contributed by atoms with van der Waals surface area (Å²) >= 11 is 0. The van der Waals surface area contributed by atoms with Crippen LogP contribution in [0.15, 0.2) is 57.2 Å². The molecule has 0 spiro atoms. The van der Waals surface area contributed by atoms with Crippen LogP contribution in [0.4, 0.5) is 17.1 Å². The minimum atomic E-state index is -0.0874. The number of nitrogens with one attached hydrogen (secondary N) is 1. The normalized spacial score (nSPS) is 11.1. The third-order valence-corrected chi connectivity index (χ3v) is 4.52. The number of nitrogens with zero attached hydrogens (tertiary/aromatic N) is 3. The largest absolute Gasteiger partial charge is 0.361 e. The van der Waals surface area contributed by atoms with Gasteiger partial charge in [-0.3, -0.25) is 4.79 Å². The van der Waals surface area contributed by atoms with Crippen molar-refractivity contribution in [2.75, 3.05) is 5.32 Å². The summed E-state index contributed by atoms with van der Waals surface area (Å²) in [6.45, 7) is 7.75. The third-order valence-electron chi connectivity index (χ3n) is 4.52. The lowest BCUT2D eigenvalue weighted by Crippen LogP contribution is -2.12. The maximum Gasteiger partial charge on any atom is 0.224 e. The predicted molar refractivity (Wildman–Crippen MR) is 109 cm³/mol. The highest BCUT2D eigenvalue weighted by atomic mass is 16.5. The van der Waals surface area contributed by atoms with Gasteiger partial charge in [0.1, 0.15) is 11.4 Å². The molecule has 6 nitrogen and oxygen atoms in total. The first-order valence-corrected chi connectivity index (χ1v) is 9.23. The van der Waals surface area contributed by atoms with E-state index in [1.807, 2.05) is 70.2 Å². The Hall–Kier alpha value is -3.28. The molecule has 1 N–H and O–H groups in total. The molecule has 1 amide bonds. The van der Waals surface area contributed by atoms with Crippen molar-refractivity contribution in [3.05, 3.63) is 70.6 Å². The van der Waals surface area contributed by atoms with Gasteiger partial charge >= 0.3 is 0 Å². The Morgan fingerprint density at radius 1 is 1.00 bits per heavy atom. The van der Waals surface area contributed by atoms with Crippen LogP contribution in [0.2, 0.25) is 0 Å². The Balaban J connectivity index is 1.71. The van der Waals surface area contributed by atoms with E-state index in [1.165, 1.54) is 5.56 Å². The van der Waals surface area contributed by atoms with Crippen molar-refractivity contribution in [2.24, 2.45) is 10.2 Å². The zero-order valence-corrected chi connectivity index (χ0v) is 16.6. The van der Waals surface area contributed by atoms with Crippen molar-refractivity contribution in [3.8, 4) is 0 Å². The Morgan fingerprint density at radius 3 is 2.39 bits per heavy atom. The van der Waals surface area contributed by atoms with E-state index < -0.39 is 0 Å². The first-order valence-electron chi connectivity index (χ1n) is 9.23. The summed E-state index contributed by atoms with van der Waals surface area (Å²) in [5.41, 5.74) is 6.07. The highest BCUT2D eigenvalue weighted by molar-refractivity contribution is 5.93. The number of hydrogen-bond acceptors (Lipinski definition) is 5. The van der Waals surface area contributed by atoms with Crippen molar-refractivity contribution in [1.82, 2.24) is 5.16 Å². The molecule has 0 radical (unpaired) electrons. The Kier molecular flexibility index (Phi) is 5.99. The van der Waals surface area contributed by atoms with Gasteiger partial charge in [0.05, 0.1) is 17.1 Å². The zero-order valence-electron chi connectivity index (χ0n) is 16.6. The summed E-state index contributed by atoms with van der Waals surface area (Å²) in [6.07, 6.45) is 0.921. The van der Waals surface area contributed by atoms with E-state index in [4.69, 9.17) is 4.52 Å². The lowest BCUT2D eigenvalue weighted by atomic mass is 10.1. The lowest BCUT2D eigenvalue weighted by Gasteiger charge is -2.08. The minimum absolute atomic E-state index is 0.0874. The summed E-state index contributed by atoms with van der Waals surface area (Å²) in [5.74, 6) is 0.670. The second kappa shape index (κ2) is 8.61. The average Bonchev–Trinajstić information content (AvgIpc) is 2.99. The molecule has 0 atom stereocenters. The summed E-state index contributed by atoms with van der Waals surface area (Å²) < 4.78 is 5.15. The number of anilines is 1. The molecule has 0 unspecified atom stereocenters. The van der Waals surface area contributed by atoms with E-state index in [2.05, 4.69) is 20.7 Å². The van der Waals surface area contributed by atoms with E-state index in [0.29, 0.717) is 24.2 Å². The summed E-state index contributed by atoms with van der Waals surface area (Å²) in [7, 11) is 0. The van der Waals surface area contributed by atoms with Crippen molar-refractivity contribution in [1.29, 1.82) is 0 Å². The van der Waals surface area contributed by atoms with Crippen LogP contribution in [0.3, 0.4) is 0 Å². The van der Waals surface area contributed by atoms with E-state index >= 15 is 0 Å². The molecule has 0 saturated carbocycles. The van der Waals surface area contributed by atoms with Gasteiger partial charge in [-0.1, -0.05) is 28.9 Å². The SMILES string of the molecule is Cc1ccc(N=Nc2cc(C)ccc2NC(=O)CCc2c(C)noc2C)cc1. The molecule has 0 aliphatic rings. The van der Waals surface area contributed by atoms with Crippen molar-refractivity contribution in [2.45, 2.75) is 40.5 Å². The van der Waals surface area contributed by atoms with Gasteiger partial charge in [0.25, 0.3) is 0 Å². The second-order valence-electron chi connectivity index (χ2n) is 6.91. The van der Waals surface area contributed by atoms with Crippen LogP contribution in [0, 0.1) is 27.7 Å². The predicted octanol–water partition coefficient (Wildman–Crippen LogP) is 5.89. The van der Waals surface area contributed by atoms with E-state index in [9.17, 15) is 4.79 Å². The van der Waals surface area contributed by atoms with Crippen LogP contribution in [-0.2, 0) is 11.2 Å². The van der Waals surface area contributed by atoms with Crippen molar-refractivity contribution >= 4 is 23.0 Å². The molecule has 2 aromatic carbocycles. The quantitative estimate of drug-likeness (QED) is 0.544. The third kappa shape index (κ3) is 4.91. The van der Waals surface area contributed by atoms with Crippen LogP contribution >= 0.6 is 0 Å². The molecule has 28 heavy (non-hydrogen) atoms. The summed E-state index contributed by atoms with van der Waals surface area (Å²) in [4.78, 5) is 12.4. The maximum atomic E-state index is 12.4. The van der Waals surface area contributed by atoms with Crippen molar-refractivity contribution in [3.63, 3.8) is 0 Å². The average molecular weight is 376 g/mol. The van der Waals surface area contributed by atoms with Crippen LogP contribution in [-0.4, -0.2) is 11.1 Å². The van der Waals surface area contributed by atoms with Crippen LogP contribution in [0.1, 0.15) is 34.6 Å². The van der Waals surface area contributed by atoms with Gasteiger partial charge in [0.15, 0.2) is 0 Å². The summed E-state index contributed by atoms with van der Waals surface area (Å²) in [6, 6.07) is 13.5. The number of carbonyl (C=O) groups is 1. The van der Waals surface area contributed by atoms with Gasteiger partial charge in [0.2, 0.25) is 5.91 Å². The van der Waals surface area contributed by atoms with Gasteiger partial charge in [0, 0.05) is 12.0 Å². The number of aryl methyl sites for hydroxylation is 4. The van der Waals surface area contributed by atoms with Crippen LogP contribution < -0.4 is 5.32 Å². The fourth-order valence-electron chi connectivity index (χ4n) is 2.86. The molecule has 1 aromatic heterocycles. The number of benzene rings is 2. The second-order valence-corrected chi connectivity index (χ2v) is 6.91. The fraction of sp³-hybridized carbons (Fsp3) is 0.273. The number of hydrogen-bond donors (Lipinski definition) is 1. The molecule has 6 heteroatoms. The van der Waals surface area contributed by atoms with Gasteiger partial charge in [-0.2, -0.15) is 5.11 Å². The molecule has 0 aliphatic carbocycles. The topological polar surface area (TPSA) is 79.9 Å². The number of azo groups is 1. The molecule has 0 bridgehead atoms. The molecule has 3 rings (SSSR count). The number of rotatable bonds is 6. The fourth-order valence-corrected chi connectivity index (χ4v) is 2.86. The Bertz CT molecular complexity index is 984. The van der Waals surface area contributed by atoms with Gasteiger partial charge in [-0.15, -0.1) is 5.11 Å². The van der Waals surface area contributed by atoms with E-state index in [1.54, 1.807) is 0 Å². The van der Waals surface area contributed by atoms with Gasteiger partial charge < -0.3 is 9.84 Å². The molecule has 0 aliphatic heterocycles. The van der Waals surface area contributed by atoms with Crippen molar-refractivity contribution < 1.29 is 9.32 Å². The molecule has 144 valence electrons. The number of aromatic nitrogens is 1. The summed E-state index contributed by atoms with van der Waals surface area (Å²) in [5, 5.41) is 15.5. The smallest absolute Gasteiger partial charge is 0.224 e. The van der Waals surface area contributed by atoms with Crippen LogP contribution in [0.25, 0.3) is 0 Å².